The van der Waals surface area contributed by atoms with E-state index < -0.39 is 0 Å². The lowest BCUT2D eigenvalue weighted by molar-refractivity contribution is 0.292. The van der Waals surface area contributed by atoms with E-state index in [0.29, 0.717) is 5.25 Å². The second-order valence-corrected chi connectivity index (χ2v) is 10.7. The second-order valence-electron chi connectivity index (χ2n) is 9.51. The molecule has 5 rings (SSSR count). The molecule has 39 heavy (non-hydrogen) atoms. The summed E-state index contributed by atoms with van der Waals surface area (Å²) in [6.07, 6.45) is 14.2. The van der Waals surface area contributed by atoms with Gasteiger partial charge in [-0.15, -0.1) is 10.2 Å². The zero-order chi connectivity index (χ0) is 26.9. The maximum Gasteiger partial charge on any atom is 0.196 e. The van der Waals surface area contributed by atoms with Crippen LogP contribution in [0.1, 0.15) is 54.6 Å². The summed E-state index contributed by atoms with van der Waals surface area (Å²) in [5.41, 5.74) is 4.10. The maximum absolute atomic E-state index is 13.0. The number of benzene rings is 2. The topological polar surface area (TPSA) is 52.8 Å². The van der Waals surface area contributed by atoms with Crippen molar-refractivity contribution in [2.75, 3.05) is 0 Å². The average Bonchev–Trinajstić information content (AvgIpc) is 3.36. The predicted molar refractivity (Wildman–Crippen MR) is 154 cm³/mol. The summed E-state index contributed by atoms with van der Waals surface area (Å²) >= 11 is 1.73. The van der Waals surface area contributed by atoms with Crippen molar-refractivity contribution in [1.29, 1.82) is 0 Å². The van der Waals surface area contributed by atoms with Crippen LogP contribution in [0.3, 0.4) is 0 Å². The monoisotopic (exact) mass is 538 g/mol. The summed E-state index contributed by atoms with van der Waals surface area (Å²) in [5.74, 6) is 7.83. The van der Waals surface area contributed by atoms with Gasteiger partial charge in [0, 0.05) is 23.4 Å². The maximum atomic E-state index is 13.0. The largest absolute Gasteiger partial charge is 0.486 e. The summed E-state index contributed by atoms with van der Waals surface area (Å²) in [4.78, 5) is 4.30. The van der Waals surface area contributed by atoms with Gasteiger partial charge in [0.1, 0.15) is 18.2 Å². The number of halogens is 1. The van der Waals surface area contributed by atoms with Crippen LogP contribution < -0.4 is 4.74 Å². The van der Waals surface area contributed by atoms with Crippen LogP contribution in [-0.4, -0.2) is 25.0 Å². The Labute approximate surface area is 233 Å². The number of unbranched alkanes of at least 4 members (excludes halogenated alkanes) is 1. The van der Waals surface area contributed by atoms with Crippen LogP contribution in [0.2, 0.25) is 0 Å². The van der Waals surface area contributed by atoms with Crippen molar-refractivity contribution < 1.29 is 9.13 Å². The lowest BCUT2D eigenvalue weighted by Gasteiger charge is -2.16. The number of aromatic nitrogens is 4. The van der Waals surface area contributed by atoms with Crippen molar-refractivity contribution in [3.05, 3.63) is 107 Å². The van der Waals surface area contributed by atoms with Crippen LogP contribution in [-0.2, 0) is 13.0 Å². The molecule has 2 aromatic carbocycles. The Kier molecular flexibility index (Phi) is 9.08. The second kappa shape index (κ2) is 13.3. The van der Waals surface area contributed by atoms with Gasteiger partial charge in [-0.25, -0.2) is 4.39 Å². The van der Waals surface area contributed by atoms with Gasteiger partial charge in [-0.2, -0.15) is 0 Å². The number of thioether (sulfide) groups is 1. The standard InChI is InChI=1S/C32H31FN4OS/c1-24-21-29(19-16-26(24)10-5-2-4-9-25-14-17-27(33)18-15-25)38-23-31-35-36-32(39-30-12-6-3-7-13-30)37(31)28-11-8-20-34-22-28/h6,8,11-12,14-22,30H,2-4,7,9,13,23H2,1H3. The fourth-order valence-electron chi connectivity index (χ4n) is 4.43. The van der Waals surface area contributed by atoms with Crippen molar-refractivity contribution in [1.82, 2.24) is 19.7 Å². The van der Waals surface area contributed by atoms with Crippen molar-refractivity contribution in [2.45, 2.75) is 62.5 Å². The van der Waals surface area contributed by atoms with E-state index in [1.54, 1.807) is 18.0 Å². The van der Waals surface area contributed by atoms with E-state index in [2.05, 4.69) is 39.2 Å². The van der Waals surface area contributed by atoms with Crippen LogP contribution in [0.25, 0.3) is 5.69 Å². The van der Waals surface area contributed by atoms with E-state index >= 15 is 0 Å². The SMILES string of the molecule is Cc1cc(OCc2nnc(SC3C=CCCC3)n2-c2cccnc2)ccc1C#CCCCc1ccc(F)cc1. The molecule has 1 unspecified atom stereocenters. The Morgan fingerprint density at radius 3 is 2.79 bits per heavy atom. The van der Waals surface area contributed by atoms with Gasteiger partial charge in [0.15, 0.2) is 11.0 Å². The minimum Gasteiger partial charge on any atom is -0.486 e. The smallest absolute Gasteiger partial charge is 0.196 e. The molecular weight excluding hydrogens is 507 g/mol. The number of nitrogens with zero attached hydrogens (tertiary/aromatic N) is 4. The first-order valence-corrected chi connectivity index (χ1v) is 14.2. The fourth-order valence-corrected chi connectivity index (χ4v) is 5.58. The zero-order valence-corrected chi connectivity index (χ0v) is 22.8. The Morgan fingerprint density at radius 2 is 2.03 bits per heavy atom. The van der Waals surface area contributed by atoms with Gasteiger partial charge in [0.2, 0.25) is 0 Å². The summed E-state index contributed by atoms with van der Waals surface area (Å²) in [6.45, 7) is 2.33. The lowest BCUT2D eigenvalue weighted by Crippen LogP contribution is -2.09. The molecule has 198 valence electrons. The van der Waals surface area contributed by atoms with Crippen LogP contribution in [0, 0.1) is 24.6 Å². The van der Waals surface area contributed by atoms with Crippen molar-refractivity contribution in [2.24, 2.45) is 0 Å². The normalized spacial score (nSPS) is 14.6. The third kappa shape index (κ3) is 7.36. The lowest BCUT2D eigenvalue weighted by atomic mass is 10.1. The molecule has 2 aromatic heterocycles. The van der Waals surface area contributed by atoms with E-state index in [4.69, 9.17) is 4.74 Å². The highest BCUT2D eigenvalue weighted by atomic mass is 32.2. The van der Waals surface area contributed by atoms with Gasteiger partial charge in [-0.3, -0.25) is 9.55 Å². The van der Waals surface area contributed by atoms with Gasteiger partial charge in [-0.05, 0) is 92.6 Å². The minimum absolute atomic E-state index is 0.201. The number of aryl methyl sites for hydroxylation is 2. The Balaban J connectivity index is 1.21. The van der Waals surface area contributed by atoms with Crippen molar-refractivity contribution in [3.63, 3.8) is 0 Å². The number of allylic oxidation sites excluding steroid dienone is 1. The number of hydrogen-bond donors (Lipinski definition) is 0. The molecule has 0 spiro atoms. The third-order valence-electron chi connectivity index (χ3n) is 6.54. The third-order valence-corrected chi connectivity index (χ3v) is 7.71. The van der Waals surface area contributed by atoms with Crippen LogP contribution in [0.15, 0.2) is 84.3 Å². The van der Waals surface area contributed by atoms with Gasteiger partial charge < -0.3 is 4.74 Å². The van der Waals surface area contributed by atoms with Crippen molar-refractivity contribution in [3.8, 4) is 23.3 Å². The Hall–Kier alpha value is -3.89. The molecule has 2 heterocycles. The van der Waals surface area contributed by atoms with Crippen LogP contribution in [0.5, 0.6) is 5.75 Å². The molecule has 1 atom stereocenters. The molecule has 0 N–H and O–H groups in total. The first kappa shape index (κ1) is 26.7. The summed E-state index contributed by atoms with van der Waals surface area (Å²) < 4.78 is 21.2. The number of pyridine rings is 1. The molecule has 5 nitrogen and oxygen atoms in total. The molecule has 1 aliphatic carbocycles. The van der Waals surface area contributed by atoms with Crippen molar-refractivity contribution >= 4 is 11.8 Å². The number of hydrogen-bond acceptors (Lipinski definition) is 5. The zero-order valence-electron chi connectivity index (χ0n) is 22.0. The minimum atomic E-state index is -0.201. The molecule has 0 aliphatic heterocycles. The average molecular weight is 539 g/mol. The first-order valence-electron chi connectivity index (χ1n) is 13.3. The highest BCUT2D eigenvalue weighted by Crippen LogP contribution is 2.31. The molecule has 0 bridgehead atoms. The number of ether oxygens (including phenoxy) is 1. The fraction of sp³-hybridized carbons (Fsp3) is 0.281. The molecule has 0 radical (unpaired) electrons. The Bertz CT molecular complexity index is 1470. The molecule has 0 fully saturated rings. The van der Waals surface area contributed by atoms with Gasteiger partial charge in [-0.1, -0.05) is 47.9 Å². The van der Waals surface area contributed by atoms with Gasteiger partial charge in [0.05, 0.1) is 11.9 Å². The quantitative estimate of drug-likeness (QED) is 0.127. The molecular formula is C32H31FN4OS. The molecule has 1 aliphatic rings. The molecule has 0 saturated carbocycles. The summed E-state index contributed by atoms with van der Waals surface area (Å²) in [5, 5.41) is 10.2. The summed E-state index contributed by atoms with van der Waals surface area (Å²) in [6, 6.07) is 16.6. The highest BCUT2D eigenvalue weighted by molar-refractivity contribution is 7.99. The van der Waals surface area contributed by atoms with Gasteiger partial charge in [0.25, 0.3) is 0 Å². The predicted octanol–water partition coefficient (Wildman–Crippen LogP) is 7.26. The van der Waals surface area contributed by atoms with E-state index in [1.807, 2.05) is 60.2 Å². The van der Waals surface area contributed by atoms with E-state index in [-0.39, 0.29) is 12.4 Å². The molecule has 4 aromatic rings. The van der Waals surface area contributed by atoms with Crippen LogP contribution >= 0.6 is 11.8 Å². The molecule has 0 saturated heterocycles. The van der Waals surface area contributed by atoms with E-state index in [0.717, 1.165) is 71.2 Å². The van der Waals surface area contributed by atoms with E-state index in [9.17, 15) is 4.39 Å². The van der Waals surface area contributed by atoms with E-state index in [1.165, 1.54) is 18.6 Å². The first-order chi connectivity index (χ1) is 19.2. The van der Waals surface area contributed by atoms with Crippen LogP contribution in [0.4, 0.5) is 4.39 Å². The molecule has 7 heteroatoms. The number of rotatable bonds is 9. The summed E-state index contributed by atoms with van der Waals surface area (Å²) in [7, 11) is 0. The highest BCUT2D eigenvalue weighted by Gasteiger charge is 2.19. The molecule has 0 amide bonds. The Morgan fingerprint density at radius 1 is 1.13 bits per heavy atom. The van der Waals surface area contributed by atoms with Gasteiger partial charge >= 0.3 is 0 Å².